The molecule has 0 bridgehead atoms. The Labute approximate surface area is 200 Å². The van der Waals surface area contributed by atoms with E-state index in [1.807, 2.05) is 65.6 Å². The van der Waals surface area contributed by atoms with Crippen LogP contribution < -0.4 is 10.2 Å². The highest BCUT2D eigenvalue weighted by Crippen LogP contribution is 2.33. The SMILES string of the molecule is CCc1ccc(NC(=O)N2CCc3cc(-c4ccc(C(=O)N5CCOCC5)cc4)ccc32)cc1. The molecule has 0 saturated carbocycles. The molecule has 34 heavy (non-hydrogen) atoms. The predicted octanol–water partition coefficient (Wildman–Crippen LogP) is 4.98. The Hall–Kier alpha value is -3.64. The van der Waals surface area contributed by atoms with E-state index in [9.17, 15) is 9.59 Å². The molecule has 5 rings (SSSR count). The summed E-state index contributed by atoms with van der Waals surface area (Å²) in [5.41, 5.74) is 6.99. The quantitative estimate of drug-likeness (QED) is 0.603. The van der Waals surface area contributed by atoms with E-state index < -0.39 is 0 Å². The van der Waals surface area contributed by atoms with Gasteiger partial charge in [0.15, 0.2) is 0 Å². The topological polar surface area (TPSA) is 61.9 Å². The number of amides is 3. The summed E-state index contributed by atoms with van der Waals surface area (Å²) in [6.07, 6.45) is 1.79. The van der Waals surface area contributed by atoms with Crippen molar-refractivity contribution in [3.8, 4) is 11.1 Å². The van der Waals surface area contributed by atoms with E-state index in [0.29, 0.717) is 38.4 Å². The van der Waals surface area contributed by atoms with Crippen molar-refractivity contribution in [3.63, 3.8) is 0 Å². The lowest BCUT2D eigenvalue weighted by Gasteiger charge is -2.26. The highest BCUT2D eigenvalue weighted by molar-refractivity contribution is 6.03. The van der Waals surface area contributed by atoms with Crippen molar-refractivity contribution in [1.82, 2.24) is 4.90 Å². The van der Waals surface area contributed by atoms with Gasteiger partial charge in [-0.15, -0.1) is 0 Å². The van der Waals surface area contributed by atoms with Crippen LogP contribution in [0.4, 0.5) is 16.2 Å². The highest BCUT2D eigenvalue weighted by Gasteiger charge is 2.25. The summed E-state index contributed by atoms with van der Waals surface area (Å²) in [5.74, 6) is 0.0507. The highest BCUT2D eigenvalue weighted by atomic mass is 16.5. The summed E-state index contributed by atoms with van der Waals surface area (Å²) >= 11 is 0. The first-order chi connectivity index (χ1) is 16.6. The van der Waals surface area contributed by atoms with Gasteiger partial charge in [-0.1, -0.05) is 37.3 Å². The van der Waals surface area contributed by atoms with Crippen LogP contribution in [0.3, 0.4) is 0 Å². The maximum Gasteiger partial charge on any atom is 0.326 e. The lowest BCUT2D eigenvalue weighted by molar-refractivity contribution is 0.0303. The Morgan fingerprint density at radius 2 is 1.59 bits per heavy atom. The molecule has 3 aromatic carbocycles. The standard InChI is InChI=1S/C28H29N3O3/c1-2-20-3-10-25(11-4-20)29-28(33)31-14-13-24-19-23(9-12-26(24)31)21-5-7-22(8-6-21)27(32)30-15-17-34-18-16-30/h3-12,19H,2,13-18H2,1H3,(H,29,33). The first kappa shape index (κ1) is 22.2. The fraction of sp³-hybridized carbons (Fsp3) is 0.286. The Balaban J connectivity index is 1.28. The monoisotopic (exact) mass is 455 g/mol. The maximum atomic E-state index is 12.9. The average Bonchev–Trinajstić information content (AvgIpc) is 3.33. The van der Waals surface area contributed by atoms with Crippen molar-refractivity contribution >= 4 is 23.3 Å². The Morgan fingerprint density at radius 1 is 0.882 bits per heavy atom. The number of nitrogens with zero attached hydrogens (tertiary/aromatic N) is 2. The molecular weight excluding hydrogens is 426 g/mol. The van der Waals surface area contributed by atoms with E-state index >= 15 is 0 Å². The molecule has 0 spiro atoms. The number of fused-ring (bicyclic) bond motifs is 1. The van der Waals surface area contributed by atoms with Crippen LogP contribution in [0.5, 0.6) is 0 Å². The van der Waals surface area contributed by atoms with Gasteiger partial charge >= 0.3 is 6.03 Å². The number of hydrogen-bond acceptors (Lipinski definition) is 3. The molecule has 2 aliphatic heterocycles. The lowest BCUT2D eigenvalue weighted by Crippen LogP contribution is -2.40. The van der Waals surface area contributed by atoms with E-state index in [-0.39, 0.29) is 11.9 Å². The van der Waals surface area contributed by atoms with Gasteiger partial charge in [-0.3, -0.25) is 9.69 Å². The van der Waals surface area contributed by atoms with Crippen molar-refractivity contribution in [1.29, 1.82) is 0 Å². The third-order valence-corrected chi connectivity index (χ3v) is 6.60. The lowest BCUT2D eigenvalue weighted by atomic mass is 10.0. The van der Waals surface area contributed by atoms with Gasteiger partial charge < -0.3 is 15.0 Å². The van der Waals surface area contributed by atoms with Crippen molar-refractivity contribution in [3.05, 3.63) is 83.4 Å². The van der Waals surface area contributed by atoms with Crippen LogP contribution >= 0.6 is 0 Å². The molecule has 174 valence electrons. The van der Waals surface area contributed by atoms with E-state index in [4.69, 9.17) is 4.74 Å². The van der Waals surface area contributed by atoms with Crippen LogP contribution in [-0.2, 0) is 17.6 Å². The van der Waals surface area contributed by atoms with Gasteiger partial charge in [0.25, 0.3) is 5.91 Å². The molecule has 2 heterocycles. The molecule has 1 saturated heterocycles. The molecule has 2 aliphatic rings. The average molecular weight is 456 g/mol. The van der Waals surface area contributed by atoms with Crippen LogP contribution in [-0.4, -0.2) is 49.7 Å². The number of hydrogen-bond donors (Lipinski definition) is 1. The first-order valence-electron chi connectivity index (χ1n) is 11.9. The molecule has 0 radical (unpaired) electrons. The number of aryl methyl sites for hydroxylation is 1. The first-order valence-corrected chi connectivity index (χ1v) is 11.9. The van der Waals surface area contributed by atoms with E-state index in [1.54, 1.807) is 4.90 Å². The third-order valence-electron chi connectivity index (χ3n) is 6.60. The molecule has 1 fully saturated rings. The molecule has 3 amide bonds. The smallest absolute Gasteiger partial charge is 0.326 e. The summed E-state index contributed by atoms with van der Waals surface area (Å²) in [6, 6.07) is 21.9. The second kappa shape index (κ2) is 9.69. The Morgan fingerprint density at radius 3 is 2.29 bits per heavy atom. The zero-order valence-corrected chi connectivity index (χ0v) is 19.4. The van der Waals surface area contributed by atoms with Crippen LogP contribution in [0.1, 0.15) is 28.4 Å². The Bertz CT molecular complexity index is 1180. The van der Waals surface area contributed by atoms with Crippen LogP contribution in [0.25, 0.3) is 11.1 Å². The summed E-state index contributed by atoms with van der Waals surface area (Å²) in [6.45, 7) is 5.24. The van der Waals surface area contributed by atoms with Gasteiger partial charge in [0.2, 0.25) is 0 Å². The molecule has 3 aromatic rings. The second-order valence-corrected chi connectivity index (χ2v) is 8.71. The van der Waals surface area contributed by atoms with Gasteiger partial charge in [0.1, 0.15) is 0 Å². The molecule has 6 heteroatoms. The molecular formula is C28H29N3O3. The number of carbonyl (C=O) groups excluding carboxylic acids is 2. The molecule has 0 aliphatic carbocycles. The van der Waals surface area contributed by atoms with Crippen molar-refractivity contribution < 1.29 is 14.3 Å². The molecule has 0 atom stereocenters. The summed E-state index contributed by atoms with van der Waals surface area (Å²) < 4.78 is 5.34. The summed E-state index contributed by atoms with van der Waals surface area (Å²) in [4.78, 5) is 29.2. The number of benzene rings is 3. The second-order valence-electron chi connectivity index (χ2n) is 8.71. The van der Waals surface area contributed by atoms with Crippen LogP contribution in [0, 0.1) is 0 Å². The number of rotatable bonds is 4. The predicted molar refractivity (Wildman–Crippen MR) is 134 cm³/mol. The fourth-order valence-corrected chi connectivity index (χ4v) is 4.56. The van der Waals surface area contributed by atoms with E-state index in [1.165, 1.54) is 5.56 Å². The zero-order chi connectivity index (χ0) is 23.5. The van der Waals surface area contributed by atoms with Gasteiger partial charge in [0, 0.05) is 36.6 Å². The fourth-order valence-electron chi connectivity index (χ4n) is 4.56. The zero-order valence-electron chi connectivity index (χ0n) is 19.4. The van der Waals surface area contributed by atoms with E-state index in [0.717, 1.165) is 40.9 Å². The number of ether oxygens (including phenoxy) is 1. The number of anilines is 2. The third kappa shape index (κ3) is 4.54. The largest absolute Gasteiger partial charge is 0.378 e. The molecule has 0 unspecified atom stereocenters. The number of morpholine rings is 1. The van der Waals surface area contributed by atoms with Gasteiger partial charge in [-0.05, 0) is 71.5 Å². The summed E-state index contributed by atoms with van der Waals surface area (Å²) in [5, 5.41) is 3.01. The van der Waals surface area contributed by atoms with Crippen LogP contribution in [0.15, 0.2) is 66.7 Å². The maximum absolute atomic E-state index is 12.9. The van der Waals surface area contributed by atoms with Gasteiger partial charge in [0.05, 0.1) is 13.2 Å². The van der Waals surface area contributed by atoms with E-state index in [2.05, 4.69) is 18.3 Å². The summed E-state index contributed by atoms with van der Waals surface area (Å²) in [7, 11) is 0. The van der Waals surface area contributed by atoms with Gasteiger partial charge in [-0.25, -0.2) is 4.79 Å². The minimum Gasteiger partial charge on any atom is -0.378 e. The number of nitrogens with one attached hydrogen (secondary N) is 1. The normalized spacial score (nSPS) is 15.2. The molecule has 0 aromatic heterocycles. The molecule has 6 nitrogen and oxygen atoms in total. The number of urea groups is 1. The van der Waals surface area contributed by atoms with Crippen molar-refractivity contribution in [2.75, 3.05) is 43.1 Å². The minimum atomic E-state index is -0.110. The van der Waals surface area contributed by atoms with Crippen LogP contribution in [0.2, 0.25) is 0 Å². The number of carbonyl (C=O) groups is 2. The molecule has 1 N–H and O–H groups in total. The van der Waals surface area contributed by atoms with Gasteiger partial charge in [-0.2, -0.15) is 0 Å². The van der Waals surface area contributed by atoms with Crippen molar-refractivity contribution in [2.24, 2.45) is 0 Å². The minimum absolute atomic E-state index is 0.0507. The Kier molecular flexibility index (Phi) is 6.32. The van der Waals surface area contributed by atoms with Crippen molar-refractivity contribution in [2.45, 2.75) is 19.8 Å².